The number of hydrogen-bond donors (Lipinski definition) is 2. The number of fused-ring (bicyclic) bond motifs is 1. The minimum absolute atomic E-state index is 0.00604. The van der Waals surface area contributed by atoms with Gasteiger partial charge in [-0.05, 0) is 36.6 Å². The summed E-state index contributed by atoms with van der Waals surface area (Å²) in [6, 6.07) is 5.01. The largest absolute Gasteiger partial charge is 0.465 e. The van der Waals surface area contributed by atoms with Gasteiger partial charge in [-0.25, -0.2) is 9.78 Å². The predicted octanol–water partition coefficient (Wildman–Crippen LogP) is 3.63. The van der Waals surface area contributed by atoms with Gasteiger partial charge in [0.05, 0.1) is 12.7 Å². The molecule has 0 radical (unpaired) electrons. The van der Waals surface area contributed by atoms with Gasteiger partial charge in [0, 0.05) is 35.9 Å². The summed E-state index contributed by atoms with van der Waals surface area (Å²) in [5, 5.41) is 7.64. The van der Waals surface area contributed by atoms with Crippen molar-refractivity contribution in [2.45, 2.75) is 38.6 Å². The molecule has 2 aromatic heterocycles. The topological polar surface area (TPSA) is 102 Å². The number of imidazole rings is 1. The second-order valence-electron chi connectivity index (χ2n) is 7.64. The summed E-state index contributed by atoms with van der Waals surface area (Å²) in [5.41, 5.74) is 1.83. The fourth-order valence-corrected chi connectivity index (χ4v) is 4.52. The highest BCUT2D eigenvalue weighted by Crippen LogP contribution is 2.25. The van der Waals surface area contributed by atoms with Gasteiger partial charge in [-0.15, -0.1) is 11.3 Å². The molecule has 8 nitrogen and oxygen atoms in total. The van der Waals surface area contributed by atoms with E-state index in [0.717, 1.165) is 30.6 Å². The third-order valence-corrected chi connectivity index (χ3v) is 6.21. The van der Waals surface area contributed by atoms with Crippen molar-refractivity contribution in [2.24, 2.45) is 5.92 Å². The van der Waals surface area contributed by atoms with Crippen molar-refractivity contribution in [3.63, 3.8) is 0 Å². The number of amides is 2. The number of carbonyl (C=O) groups is 3. The van der Waals surface area contributed by atoms with Crippen LogP contribution >= 0.6 is 11.3 Å². The predicted molar refractivity (Wildman–Crippen MR) is 117 cm³/mol. The molecule has 1 saturated carbocycles. The van der Waals surface area contributed by atoms with Gasteiger partial charge in [-0.1, -0.05) is 19.3 Å². The zero-order valence-electron chi connectivity index (χ0n) is 17.2. The summed E-state index contributed by atoms with van der Waals surface area (Å²) < 4.78 is 6.62. The van der Waals surface area contributed by atoms with Gasteiger partial charge in [-0.3, -0.25) is 14.0 Å². The Morgan fingerprint density at radius 1 is 1.19 bits per heavy atom. The van der Waals surface area contributed by atoms with Crippen LogP contribution in [0.1, 0.15) is 58.5 Å². The Morgan fingerprint density at radius 3 is 2.74 bits per heavy atom. The Hall–Kier alpha value is -3.20. The first-order valence-corrected chi connectivity index (χ1v) is 11.1. The summed E-state index contributed by atoms with van der Waals surface area (Å²) in [6.07, 6.45) is 8.56. The van der Waals surface area contributed by atoms with Crippen molar-refractivity contribution in [1.29, 1.82) is 0 Å². The van der Waals surface area contributed by atoms with Crippen molar-refractivity contribution in [3.8, 4) is 0 Å². The van der Waals surface area contributed by atoms with Gasteiger partial charge >= 0.3 is 5.97 Å². The third kappa shape index (κ3) is 4.93. The van der Waals surface area contributed by atoms with Crippen LogP contribution in [0.4, 0.5) is 5.69 Å². The number of aromatic nitrogens is 2. The number of rotatable bonds is 6. The third-order valence-electron chi connectivity index (χ3n) is 5.44. The summed E-state index contributed by atoms with van der Waals surface area (Å²) in [6.45, 7) is 0.182. The average molecular weight is 441 g/mol. The molecule has 1 aromatic carbocycles. The van der Waals surface area contributed by atoms with Crippen LogP contribution in [0.3, 0.4) is 0 Å². The van der Waals surface area contributed by atoms with Crippen LogP contribution in [0.15, 0.2) is 36.0 Å². The van der Waals surface area contributed by atoms with E-state index >= 15 is 0 Å². The standard InChI is InChI=1S/C22H24N4O4S/c1-30-21(29)16-9-14(10-17(11-16)24-19(27)15-5-3-2-4-6-15)12-23-20(28)18-13-26-7-8-31-22(26)25-18/h7-11,13,15H,2-6,12H2,1H3,(H,23,28)(H,24,27). The second kappa shape index (κ2) is 9.30. The van der Waals surface area contributed by atoms with Gasteiger partial charge in [-0.2, -0.15) is 0 Å². The van der Waals surface area contributed by atoms with Gasteiger partial charge in [0.15, 0.2) is 4.96 Å². The van der Waals surface area contributed by atoms with Crippen molar-refractivity contribution in [1.82, 2.24) is 14.7 Å². The molecule has 1 aliphatic rings. The molecule has 0 saturated heterocycles. The van der Waals surface area contributed by atoms with Gasteiger partial charge < -0.3 is 15.4 Å². The molecule has 2 amide bonds. The number of ether oxygens (including phenoxy) is 1. The smallest absolute Gasteiger partial charge is 0.337 e. The molecule has 162 valence electrons. The zero-order chi connectivity index (χ0) is 21.8. The number of methoxy groups -OCH3 is 1. The van der Waals surface area contributed by atoms with Crippen LogP contribution < -0.4 is 10.6 Å². The van der Waals surface area contributed by atoms with Gasteiger partial charge in [0.1, 0.15) is 5.69 Å². The molecular formula is C22H24N4O4S. The SMILES string of the molecule is COC(=O)c1cc(CNC(=O)c2cn3ccsc3n2)cc(NC(=O)C2CCCCC2)c1. The summed E-state index contributed by atoms with van der Waals surface area (Å²) >= 11 is 1.45. The zero-order valence-corrected chi connectivity index (χ0v) is 18.0. The van der Waals surface area contributed by atoms with E-state index < -0.39 is 5.97 Å². The Labute approximate surface area is 183 Å². The maximum absolute atomic E-state index is 12.6. The van der Waals surface area contributed by atoms with E-state index in [1.807, 2.05) is 11.6 Å². The molecule has 0 bridgehead atoms. The van der Waals surface area contributed by atoms with Crippen molar-refractivity contribution < 1.29 is 19.1 Å². The van der Waals surface area contributed by atoms with E-state index in [0.29, 0.717) is 22.5 Å². The molecule has 0 spiro atoms. The van der Waals surface area contributed by atoms with E-state index in [9.17, 15) is 14.4 Å². The fourth-order valence-electron chi connectivity index (χ4n) is 3.82. The number of esters is 1. The molecule has 2 N–H and O–H groups in total. The summed E-state index contributed by atoms with van der Waals surface area (Å²) in [5.74, 6) is -0.855. The lowest BCUT2D eigenvalue weighted by atomic mass is 9.88. The van der Waals surface area contributed by atoms with Crippen LogP contribution in [-0.2, 0) is 16.1 Å². The molecule has 1 aliphatic carbocycles. The first-order valence-electron chi connectivity index (χ1n) is 10.3. The lowest BCUT2D eigenvalue weighted by molar-refractivity contribution is -0.120. The van der Waals surface area contributed by atoms with Crippen LogP contribution in [0.2, 0.25) is 0 Å². The number of thiazole rings is 1. The van der Waals surface area contributed by atoms with Crippen LogP contribution in [0.5, 0.6) is 0 Å². The van der Waals surface area contributed by atoms with Crippen molar-refractivity contribution in [3.05, 3.63) is 52.8 Å². The quantitative estimate of drug-likeness (QED) is 0.570. The number of carbonyl (C=O) groups excluding carboxylic acids is 3. The molecule has 0 unspecified atom stereocenters. The van der Waals surface area contributed by atoms with Gasteiger partial charge in [0.25, 0.3) is 5.91 Å². The molecule has 0 atom stereocenters. The van der Waals surface area contributed by atoms with Crippen molar-refractivity contribution in [2.75, 3.05) is 12.4 Å². The molecule has 31 heavy (non-hydrogen) atoms. The lowest BCUT2D eigenvalue weighted by Gasteiger charge is -2.21. The average Bonchev–Trinajstić information content (AvgIpc) is 3.40. The maximum atomic E-state index is 12.6. The molecular weight excluding hydrogens is 416 g/mol. The molecule has 0 aliphatic heterocycles. The number of benzene rings is 1. The minimum atomic E-state index is -0.504. The van der Waals surface area contributed by atoms with Crippen LogP contribution in [-0.4, -0.2) is 34.3 Å². The molecule has 3 aromatic rings. The van der Waals surface area contributed by atoms with E-state index in [4.69, 9.17) is 4.74 Å². The Kier molecular flexibility index (Phi) is 6.31. The molecule has 9 heteroatoms. The first kappa shape index (κ1) is 21.0. The highest BCUT2D eigenvalue weighted by Gasteiger charge is 2.22. The Morgan fingerprint density at radius 2 is 2.00 bits per heavy atom. The normalized spacial score (nSPS) is 14.4. The van der Waals surface area contributed by atoms with E-state index in [1.54, 1.807) is 28.8 Å². The summed E-state index contributed by atoms with van der Waals surface area (Å²) in [7, 11) is 1.31. The number of anilines is 1. The Balaban J connectivity index is 1.48. The van der Waals surface area contributed by atoms with Gasteiger partial charge in [0.2, 0.25) is 5.91 Å². The second-order valence-corrected chi connectivity index (χ2v) is 8.51. The van der Waals surface area contributed by atoms with E-state index in [2.05, 4.69) is 15.6 Å². The molecule has 2 heterocycles. The highest BCUT2D eigenvalue weighted by molar-refractivity contribution is 7.15. The van der Waals surface area contributed by atoms with E-state index in [-0.39, 0.29) is 24.3 Å². The summed E-state index contributed by atoms with van der Waals surface area (Å²) in [4.78, 5) is 42.3. The van der Waals surface area contributed by atoms with E-state index in [1.165, 1.54) is 24.9 Å². The lowest BCUT2D eigenvalue weighted by Crippen LogP contribution is -2.25. The highest BCUT2D eigenvalue weighted by atomic mass is 32.1. The number of nitrogens with one attached hydrogen (secondary N) is 2. The Bertz CT molecular complexity index is 1090. The van der Waals surface area contributed by atoms with Crippen LogP contribution in [0.25, 0.3) is 4.96 Å². The van der Waals surface area contributed by atoms with Crippen molar-refractivity contribution >= 4 is 39.8 Å². The molecule has 4 rings (SSSR count). The molecule has 1 fully saturated rings. The monoisotopic (exact) mass is 440 g/mol. The number of hydrogen-bond acceptors (Lipinski definition) is 6. The number of nitrogens with zero attached hydrogens (tertiary/aromatic N) is 2. The minimum Gasteiger partial charge on any atom is -0.465 e. The van der Waals surface area contributed by atoms with Crippen LogP contribution in [0, 0.1) is 5.92 Å². The maximum Gasteiger partial charge on any atom is 0.337 e. The fraction of sp³-hybridized carbons (Fsp3) is 0.364. The first-order chi connectivity index (χ1) is 15.0.